The second-order valence-electron chi connectivity index (χ2n) is 6.68. The van der Waals surface area contributed by atoms with Gasteiger partial charge >= 0.3 is 0 Å². The molecule has 0 spiro atoms. The molecule has 1 saturated carbocycles. The Morgan fingerprint density at radius 1 is 1.09 bits per heavy atom. The molecule has 1 fully saturated rings. The van der Waals surface area contributed by atoms with Crippen LogP contribution in [0.25, 0.3) is 5.57 Å². The smallest absolute Gasteiger partial charge is 0.00174 e. The average Bonchev–Trinajstić information content (AvgIpc) is 3.01. The molecular formula is C22H24. The Labute approximate surface area is 134 Å². The third-order valence-corrected chi connectivity index (χ3v) is 4.95. The largest absolute Gasteiger partial charge is 0.0989 e. The molecule has 0 nitrogen and oxygen atoms in total. The van der Waals surface area contributed by atoms with Crippen molar-refractivity contribution in [1.29, 1.82) is 0 Å². The first-order valence-corrected chi connectivity index (χ1v) is 8.00. The molecule has 0 heterocycles. The van der Waals surface area contributed by atoms with Crippen molar-refractivity contribution in [3.8, 4) is 0 Å². The normalized spacial score (nSPS) is 23.2. The van der Waals surface area contributed by atoms with Gasteiger partial charge in [-0.25, -0.2) is 0 Å². The molecule has 0 saturated heterocycles. The van der Waals surface area contributed by atoms with E-state index in [0.29, 0.717) is 5.92 Å². The van der Waals surface area contributed by atoms with Crippen molar-refractivity contribution >= 4 is 5.57 Å². The first kappa shape index (κ1) is 14.8. The minimum absolute atomic E-state index is 0.431. The quantitative estimate of drug-likeness (QED) is 0.577. The standard InChI is InChI=1S/C22H24/c1-14-6-9-22(16(3)10-14)20-8-7-19(12-20)13-21-11-15(2)17(4)18(21)5/h6-10,13,17H,2,5,11-12H2,1,3-4H3. The van der Waals surface area contributed by atoms with Gasteiger partial charge < -0.3 is 0 Å². The third kappa shape index (κ3) is 2.66. The molecule has 0 radical (unpaired) electrons. The molecule has 3 rings (SSSR count). The average molecular weight is 288 g/mol. The summed E-state index contributed by atoms with van der Waals surface area (Å²) in [6, 6.07) is 6.71. The summed E-state index contributed by atoms with van der Waals surface area (Å²) in [6.45, 7) is 14.9. The highest BCUT2D eigenvalue weighted by atomic mass is 14.3. The minimum Gasteiger partial charge on any atom is -0.0989 e. The summed E-state index contributed by atoms with van der Waals surface area (Å²) in [5.41, 5.74) is 10.7. The topological polar surface area (TPSA) is 0 Å². The van der Waals surface area contributed by atoms with Crippen LogP contribution in [0.1, 0.15) is 36.5 Å². The monoisotopic (exact) mass is 288 g/mol. The Balaban J connectivity index is 1.77. The fourth-order valence-electron chi connectivity index (χ4n) is 3.41. The zero-order chi connectivity index (χ0) is 15.9. The van der Waals surface area contributed by atoms with Crippen LogP contribution in [-0.2, 0) is 0 Å². The Hall–Kier alpha value is -2.08. The number of benzene rings is 1. The zero-order valence-electron chi connectivity index (χ0n) is 13.9. The van der Waals surface area contributed by atoms with E-state index in [1.54, 1.807) is 0 Å². The van der Waals surface area contributed by atoms with Crippen LogP contribution in [-0.4, -0.2) is 0 Å². The number of aryl methyl sites for hydroxylation is 2. The van der Waals surface area contributed by atoms with Crippen molar-refractivity contribution in [1.82, 2.24) is 0 Å². The van der Waals surface area contributed by atoms with Crippen molar-refractivity contribution < 1.29 is 0 Å². The molecule has 1 atom stereocenters. The highest BCUT2D eigenvalue weighted by Gasteiger charge is 2.23. The fourth-order valence-corrected chi connectivity index (χ4v) is 3.41. The van der Waals surface area contributed by atoms with Crippen molar-refractivity contribution in [3.63, 3.8) is 0 Å². The highest BCUT2D eigenvalue weighted by molar-refractivity contribution is 5.75. The number of hydrogen-bond acceptors (Lipinski definition) is 0. The van der Waals surface area contributed by atoms with Gasteiger partial charge in [0.1, 0.15) is 0 Å². The van der Waals surface area contributed by atoms with E-state index >= 15 is 0 Å². The van der Waals surface area contributed by atoms with Gasteiger partial charge in [-0.1, -0.05) is 67.6 Å². The molecule has 0 aliphatic heterocycles. The first-order valence-electron chi connectivity index (χ1n) is 8.00. The van der Waals surface area contributed by atoms with E-state index in [1.807, 2.05) is 0 Å². The van der Waals surface area contributed by atoms with Gasteiger partial charge in [0.25, 0.3) is 0 Å². The minimum atomic E-state index is 0.431. The maximum atomic E-state index is 4.24. The van der Waals surface area contributed by atoms with Crippen LogP contribution < -0.4 is 0 Å². The van der Waals surface area contributed by atoms with Crippen LogP contribution in [0.2, 0.25) is 0 Å². The van der Waals surface area contributed by atoms with E-state index in [0.717, 1.165) is 12.8 Å². The van der Waals surface area contributed by atoms with E-state index in [-0.39, 0.29) is 0 Å². The molecule has 0 N–H and O–H groups in total. The fraction of sp³-hybridized carbons (Fsp3) is 0.273. The van der Waals surface area contributed by atoms with Gasteiger partial charge in [-0.05, 0) is 60.1 Å². The van der Waals surface area contributed by atoms with E-state index < -0.39 is 0 Å². The molecule has 0 bridgehead atoms. The Kier molecular flexibility index (Phi) is 3.78. The van der Waals surface area contributed by atoms with Crippen LogP contribution in [0.3, 0.4) is 0 Å². The Morgan fingerprint density at radius 2 is 1.86 bits per heavy atom. The van der Waals surface area contributed by atoms with Crippen LogP contribution in [0.5, 0.6) is 0 Å². The SMILES string of the molecule is C=C1CC(=CC2=CC=C(c3ccc(C)cc3C)C2)C(=C)C1C. The molecule has 112 valence electrons. The van der Waals surface area contributed by atoms with Crippen molar-refractivity contribution in [2.75, 3.05) is 0 Å². The van der Waals surface area contributed by atoms with Crippen molar-refractivity contribution in [2.45, 2.75) is 33.6 Å². The summed E-state index contributed by atoms with van der Waals surface area (Å²) in [4.78, 5) is 0. The molecular weight excluding hydrogens is 264 g/mol. The number of hydrogen-bond donors (Lipinski definition) is 0. The summed E-state index contributed by atoms with van der Waals surface area (Å²) >= 11 is 0. The lowest BCUT2D eigenvalue weighted by atomic mass is 9.96. The van der Waals surface area contributed by atoms with Crippen LogP contribution in [0.4, 0.5) is 0 Å². The summed E-state index contributed by atoms with van der Waals surface area (Å²) in [6.07, 6.45) is 8.84. The molecule has 22 heavy (non-hydrogen) atoms. The van der Waals surface area contributed by atoms with Gasteiger partial charge in [0, 0.05) is 5.92 Å². The van der Waals surface area contributed by atoms with Crippen LogP contribution in [0, 0.1) is 19.8 Å². The summed E-state index contributed by atoms with van der Waals surface area (Å²) < 4.78 is 0. The lowest BCUT2D eigenvalue weighted by Crippen LogP contribution is -1.90. The molecule has 0 amide bonds. The van der Waals surface area contributed by atoms with Crippen molar-refractivity contribution in [3.05, 3.63) is 88.6 Å². The maximum Gasteiger partial charge on any atom is 0.00174 e. The molecule has 0 heteroatoms. The van der Waals surface area contributed by atoms with Gasteiger partial charge in [-0.2, -0.15) is 0 Å². The summed E-state index contributed by atoms with van der Waals surface area (Å²) in [7, 11) is 0. The van der Waals surface area contributed by atoms with Crippen LogP contribution in [0.15, 0.2) is 71.9 Å². The van der Waals surface area contributed by atoms with E-state index in [9.17, 15) is 0 Å². The van der Waals surface area contributed by atoms with Gasteiger partial charge in [-0.15, -0.1) is 0 Å². The molecule has 0 aromatic heterocycles. The summed E-state index contributed by atoms with van der Waals surface area (Å²) in [5, 5.41) is 0. The van der Waals surface area contributed by atoms with Gasteiger partial charge in [0.2, 0.25) is 0 Å². The van der Waals surface area contributed by atoms with Crippen LogP contribution >= 0.6 is 0 Å². The van der Waals surface area contributed by atoms with E-state index in [4.69, 9.17) is 0 Å². The lowest BCUT2D eigenvalue weighted by Gasteiger charge is -2.09. The molecule has 1 aromatic rings. The number of allylic oxidation sites excluding steroid dienone is 8. The van der Waals surface area contributed by atoms with E-state index in [2.05, 4.69) is 70.4 Å². The third-order valence-electron chi connectivity index (χ3n) is 4.95. The molecule has 2 aliphatic carbocycles. The molecule has 1 aromatic carbocycles. The predicted molar refractivity (Wildman–Crippen MR) is 96.7 cm³/mol. The summed E-state index contributed by atoms with van der Waals surface area (Å²) in [5.74, 6) is 0.431. The highest BCUT2D eigenvalue weighted by Crippen LogP contribution is 2.40. The lowest BCUT2D eigenvalue weighted by molar-refractivity contribution is 0.868. The van der Waals surface area contributed by atoms with Gasteiger partial charge in [0.15, 0.2) is 0 Å². The maximum absolute atomic E-state index is 4.24. The Morgan fingerprint density at radius 3 is 2.50 bits per heavy atom. The second kappa shape index (κ2) is 5.61. The van der Waals surface area contributed by atoms with Gasteiger partial charge in [0.05, 0.1) is 0 Å². The first-order chi connectivity index (χ1) is 10.5. The molecule has 2 aliphatic rings. The van der Waals surface area contributed by atoms with Crippen molar-refractivity contribution in [2.24, 2.45) is 5.92 Å². The van der Waals surface area contributed by atoms with Gasteiger partial charge in [-0.3, -0.25) is 0 Å². The second-order valence-corrected chi connectivity index (χ2v) is 6.68. The predicted octanol–water partition coefficient (Wildman–Crippen LogP) is 6.10. The number of rotatable bonds is 2. The zero-order valence-corrected chi connectivity index (χ0v) is 13.9. The Bertz CT molecular complexity index is 750. The van der Waals surface area contributed by atoms with E-state index in [1.165, 1.54) is 44.6 Å². The molecule has 1 unspecified atom stereocenters.